The molecule has 5 heteroatoms. The van der Waals surface area contributed by atoms with E-state index in [1.54, 1.807) is 12.3 Å². The Kier molecular flexibility index (Phi) is 2.52. The third kappa shape index (κ3) is 1.76. The number of nitrogens with two attached hydrogens (primary N) is 1. The number of carbonyl (C=O) groups excluding carboxylic acids is 1. The number of rotatable bonds is 2. The highest BCUT2D eigenvalue weighted by Gasteiger charge is 2.16. The third-order valence-electron chi connectivity index (χ3n) is 3.07. The Balaban J connectivity index is 2.33. The first-order valence-electron chi connectivity index (χ1n) is 5.85. The highest BCUT2D eigenvalue weighted by molar-refractivity contribution is 6.03. The normalized spacial score (nSPS) is 10.8. The Morgan fingerprint density at radius 2 is 1.95 bits per heavy atom. The van der Waals surface area contributed by atoms with E-state index in [1.165, 1.54) is 0 Å². The van der Waals surface area contributed by atoms with Crippen molar-refractivity contribution in [1.29, 1.82) is 0 Å². The van der Waals surface area contributed by atoms with E-state index in [0.717, 1.165) is 11.4 Å². The van der Waals surface area contributed by atoms with Gasteiger partial charge in [-0.3, -0.25) is 4.79 Å². The van der Waals surface area contributed by atoms with Crippen molar-refractivity contribution in [3.63, 3.8) is 0 Å². The van der Waals surface area contributed by atoms with Crippen LogP contribution in [0.1, 0.15) is 10.4 Å². The third-order valence-corrected chi connectivity index (χ3v) is 3.07. The van der Waals surface area contributed by atoms with Crippen LogP contribution in [0.3, 0.4) is 0 Å². The molecule has 0 spiro atoms. The van der Waals surface area contributed by atoms with E-state index >= 15 is 0 Å². The summed E-state index contributed by atoms with van der Waals surface area (Å²) in [6, 6.07) is 11.4. The maximum atomic E-state index is 11.5. The van der Waals surface area contributed by atoms with Gasteiger partial charge in [-0.1, -0.05) is 30.3 Å². The Bertz CT molecular complexity index is 762. The zero-order chi connectivity index (χ0) is 13.4. The summed E-state index contributed by atoms with van der Waals surface area (Å²) in [7, 11) is 1.85. The lowest BCUT2D eigenvalue weighted by Gasteiger charge is -2.03. The van der Waals surface area contributed by atoms with E-state index in [4.69, 9.17) is 5.73 Å². The van der Waals surface area contributed by atoms with Crippen LogP contribution < -0.4 is 5.73 Å². The minimum atomic E-state index is -0.477. The number of benzene rings is 1. The fourth-order valence-electron chi connectivity index (χ4n) is 2.18. The van der Waals surface area contributed by atoms with Gasteiger partial charge in [0.25, 0.3) is 5.91 Å². The van der Waals surface area contributed by atoms with Crippen LogP contribution in [0.4, 0.5) is 0 Å². The molecule has 94 valence electrons. The van der Waals surface area contributed by atoms with Crippen LogP contribution in [-0.4, -0.2) is 20.4 Å². The first kappa shape index (κ1) is 11.4. The minimum absolute atomic E-state index is 0.433. The van der Waals surface area contributed by atoms with Crippen molar-refractivity contribution in [2.75, 3.05) is 0 Å². The molecule has 0 fully saturated rings. The van der Waals surface area contributed by atoms with Gasteiger partial charge in [0.1, 0.15) is 11.3 Å². The molecule has 2 N–H and O–H groups in total. The largest absolute Gasteiger partial charge is 0.366 e. The van der Waals surface area contributed by atoms with Crippen LogP contribution in [0, 0.1) is 0 Å². The van der Waals surface area contributed by atoms with Crippen LogP contribution in [0.5, 0.6) is 0 Å². The summed E-state index contributed by atoms with van der Waals surface area (Å²) in [5, 5.41) is 0. The molecule has 19 heavy (non-hydrogen) atoms. The number of nitrogens with zero attached hydrogens (tertiary/aromatic N) is 3. The highest BCUT2D eigenvalue weighted by atomic mass is 16.1. The average Bonchev–Trinajstić information content (AvgIpc) is 2.77. The fourth-order valence-corrected chi connectivity index (χ4v) is 2.18. The lowest BCUT2D eigenvalue weighted by atomic mass is 10.2. The number of aryl methyl sites for hydroxylation is 1. The zero-order valence-electron chi connectivity index (χ0n) is 10.4. The smallest absolute Gasteiger partial charge is 0.251 e. The predicted molar refractivity (Wildman–Crippen MR) is 72.5 cm³/mol. The highest BCUT2D eigenvalue weighted by Crippen LogP contribution is 2.24. The van der Waals surface area contributed by atoms with E-state index in [2.05, 4.69) is 9.97 Å². The standard InChI is InChI=1S/C14H12N4O/c1-18-11-10(12(15)19)7-8-16-13(11)17-14(18)9-5-3-2-4-6-9/h2-8H,1H3,(H2,15,19). The summed E-state index contributed by atoms with van der Waals surface area (Å²) >= 11 is 0. The lowest BCUT2D eigenvalue weighted by Crippen LogP contribution is -2.12. The van der Waals surface area contributed by atoms with Crippen LogP contribution in [0.15, 0.2) is 42.6 Å². The molecule has 0 saturated heterocycles. The topological polar surface area (TPSA) is 73.8 Å². The van der Waals surface area contributed by atoms with Crippen molar-refractivity contribution in [2.45, 2.75) is 0 Å². The number of fused-ring (bicyclic) bond motifs is 1. The van der Waals surface area contributed by atoms with E-state index in [9.17, 15) is 4.79 Å². The van der Waals surface area contributed by atoms with E-state index in [-0.39, 0.29) is 0 Å². The molecule has 0 unspecified atom stereocenters. The van der Waals surface area contributed by atoms with Crippen LogP contribution >= 0.6 is 0 Å². The molecule has 0 aliphatic heterocycles. The lowest BCUT2D eigenvalue weighted by molar-refractivity contribution is 0.100. The quantitative estimate of drug-likeness (QED) is 0.754. The number of hydrogen-bond donors (Lipinski definition) is 1. The molecule has 5 nitrogen and oxygen atoms in total. The van der Waals surface area contributed by atoms with Gasteiger partial charge >= 0.3 is 0 Å². The van der Waals surface area contributed by atoms with Gasteiger partial charge in [0.05, 0.1) is 5.56 Å². The van der Waals surface area contributed by atoms with Gasteiger partial charge in [0.2, 0.25) is 0 Å². The molecular weight excluding hydrogens is 240 g/mol. The molecule has 0 bridgehead atoms. The van der Waals surface area contributed by atoms with Gasteiger partial charge < -0.3 is 10.3 Å². The SMILES string of the molecule is Cn1c(-c2ccccc2)nc2nccc(C(N)=O)c21. The van der Waals surface area contributed by atoms with Crippen molar-refractivity contribution in [2.24, 2.45) is 12.8 Å². The Hall–Kier alpha value is -2.69. The molecule has 0 aliphatic rings. The van der Waals surface area contributed by atoms with Crippen molar-refractivity contribution < 1.29 is 4.79 Å². The number of hydrogen-bond acceptors (Lipinski definition) is 3. The number of primary amides is 1. The Labute approximate surface area is 109 Å². The molecule has 2 aromatic heterocycles. The predicted octanol–water partition coefficient (Wildman–Crippen LogP) is 1.73. The van der Waals surface area contributed by atoms with Gasteiger partial charge in [0.15, 0.2) is 5.65 Å². The average molecular weight is 252 g/mol. The number of pyridine rings is 1. The molecule has 0 saturated carbocycles. The van der Waals surface area contributed by atoms with Crippen molar-refractivity contribution >= 4 is 17.1 Å². The Morgan fingerprint density at radius 3 is 2.63 bits per heavy atom. The molecular formula is C14H12N4O. The minimum Gasteiger partial charge on any atom is -0.366 e. The monoisotopic (exact) mass is 252 g/mol. The fraction of sp³-hybridized carbons (Fsp3) is 0.0714. The summed E-state index contributed by atoms with van der Waals surface area (Å²) in [6.07, 6.45) is 1.55. The summed E-state index contributed by atoms with van der Waals surface area (Å²) in [4.78, 5) is 20.1. The van der Waals surface area contributed by atoms with Crippen molar-refractivity contribution in [3.8, 4) is 11.4 Å². The number of amides is 1. The first-order chi connectivity index (χ1) is 9.18. The second-order valence-corrected chi connectivity index (χ2v) is 4.26. The van der Waals surface area contributed by atoms with Gasteiger partial charge in [0, 0.05) is 18.8 Å². The van der Waals surface area contributed by atoms with Gasteiger partial charge in [-0.2, -0.15) is 0 Å². The van der Waals surface area contributed by atoms with Crippen LogP contribution in [0.2, 0.25) is 0 Å². The van der Waals surface area contributed by atoms with Crippen molar-refractivity contribution in [1.82, 2.24) is 14.5 Å². The molecule has 0 atom stereocenters. The molecule has 0 radical (unpaired) electrons. The summed E-state index contributed by atoms with van der Waals surface area (Å²) in [6.45, 7) is 0. The summed E-state index contributed by atoms with van der Waals surface area (Å²) < 4.78 is 1.84. The summed E-state index contributed by atoms with van der Waals surface area (Å²) in [5.74, 6) is 0.284. The van der Waals surface area contributed by atoms with Gasteiger partial charge in [-0.05, 0) is 6.07 Å². The van der Waals surface area contributed by atoms with Crippen molar-refractivity contribution in [3.05, 3.63) is 48.2 Å². The number of imidazole rings is 1. The maximum absolute atomic E-state index is 11.5. The van der Waals surface area contributed by atoms with Crippen LogP contribution in [0.25, 0.3) is 22.6 Å². The molecule has 1 aromatic carbocycles. The molecule has 0 aliphatic carbocycles. The van der Waals surface area contributed by atoms with Crippen LogP contribution in [-0.2, 0) is 7.05 Å². The maximum Gasteiger partial charge on any atom is 0.251 e. The summed E-state index contributed by atoms with van der Waals surface area (Å²) in [5.41, 5.74) is 7.98. The second-order valence-electron chi connectivity index (χ2n) is 4.26. The first-order valence-corrected chi connectivity index (χ1v) is 5.85. The molecule has 3 aromatic rings. The molecule has 1 amide bonds. The van der Waals surface area contributed by atoms with E-state index < -0.39 is 5.91 Å². The van der Waals surface area contributed by atoms with E-state index in [0.29, 0.717) is 16.7 Å². The zero-order valence-corrected chi connectivity index (χ0v) is 10.4. The van der Waals surface area contributed by atoms with Gasteiger partial charge in [-0.25, -0.2) is 9.97 Å². The number of carbonyl (C=O) groups is 1. The Morgan fingerprint density at radius 1 is 1.21 bits per heavy atom. The van der Waals surface area contributed by atoms with E-state index in [1.807, 2.05) is 41.9 Å². The molecule has 3 rings (SSSR count). The van der Waals surface area contributed by atoms with Gasteiger partial charge in [-0.15, -0.1) is 0 Å². The molecule has 2 heterocycles. The number of aromatic nitrogens is 3. The second kappa shape index (κ2) is 4.20.